The van der Waals surface area contributed by atoms with Gasteiger partial charge < -0.3 is 15.0 Å². The number of morpholine rings is 1. The van der Waals surface area contributed by atoms with E-state index in [-0.39, 0.29) is 17.6 Å². The molecule has 7 nitrogen and oxygen atoms in total. The molecule has 176 valence electrons. The average molecular weight is 468 g/mol. The van der Waals surface area contributed by atoms with Crippen LogP contribution in [-0.4, -0.2) is 44.7 Å². The van der Waals surface area contributed by atoms with Crippen molar-refractivity contribution < 1.29 is 17.9 Å². The number of benzene rings is 1. The minimum atomic E-state index is -2.88. The van der Waals surface area contributed by atoms with Gasteiger partial charge in [0.05, 0.1) is 48.6 Å². The van der Waals surface area contributed by atoms with E-state index < -0.39 is 23.8 Å². The molecule has 0 radical (unpaired) electrons. The molecule has 34 heavy (non-hydrogen) atoms. The van der Waals surface area contributed by atoms with Crippen LogP contribution in [0.2, 0.25) is 0 Å². The lowest BCUT2D eigenvalue weighted by Gasteiger charge is -2.35. The van der Waals surface area contributed by atoms with Gasteiger partial charge in [-0.1, -0.05) is 18.2 Å². The van der Waals surface area contributed by atoms with Crippen LogP contribution < -0.4 is 10.2 Å². The Morgan fingerprint density at radius 3 is 2.65 bits per heavy atom. The Morgan fingerprint density at radius 1 is 1.12 bits per heavy atom. The van der Waals surface area contributed by atoms with Gasteiger partial charge in [-0.2, -0.15) is 4.98 Å². The normalized spacial score (nSPS) is 21.0. The number of alkyl halides is 2. The van der Waals surface area contributed by atoms with E-state index in [0.29, 0.717) is 24.8 Å². The van der Waals surface area contributed by atoms with E-state index in [1.54, 1.807) is 19.3 Å². The second kappa shape index (κ2) is 8.12. The fourth-order valence-corrected chi connectivity index (χ4v) is 5.15. The number of hydrogen-bond donors (Lipinski definition) is 1. The number of hydrogen-bond acceptors (Lipinski definition) is 6. The van der Waals surface area contributed by atoms with E-state index in [0.717, 1.165) is 35.6 Å². The second-order valence-electron chi connectivity index (χ2n) is 8.86. The summed E-state index contributed by atoms with van der Waals surface area (Å²) in [6, 6.07) is 6.01. The molecular formula is C24H23F3N6O. The molecule has 3 aromatic heterocycles. The zero-order chi connectivity index (χ0) is 23.4. The van der Waals surface area contributed by atoms with Crippen molar-refractivity contribution in [1.82, 2.24) is 19.4 Å². The van der Waals surface area contributed by atoms with E-state index in [1.165, 1.54) is 12.1 Å². The van der Waals surface area contributed by atoms with Crippen LogP contribution in [0.3, 0.4) is 0 Å². The summed E-state index contributed by atoms with van der Waals surface area (Å²) in [5, 5.41) is 4.03. The molecule has 5 heterocycles. The van der Waals surface area contributed by atoms with E-state index in [2.05, 4.69) is 20.2 Å². The number of aromatic nitrogens is 4. The Morgan fingerprint density at radius 2 is 1.88 bits per heavy atom. The molecule has 0 amide bonds. The van der Waals surface area contributed by atoms with Gasteiger partial charge in [-0.05, 0) is 25.8 Å². The SMILES string of the molecule is CC(Nc1nc2nccn2c2cnc(N3C4CCC3COC4)cc12)c1cccc(C(F)F)c1F. The van der Waals surface area contributed by atoms with Crippen molar-refractivity contribution in [1.29, 1.82) is 0 Å². The maximum absolute atomic E-state index is 14.8. The summed E-state index contributed by atoms with van der Waals surface area (Å²) >= 11 is 0. The highest BCUT2D eigenvalue weighted by atomic mass is 19.3. The van der Waals surface area contributed by atoms with Crippen molar-refractivity contribution in [2.75, 3.05) is 23.4 Å². The van der Waals surface area contributed by atoms with Gasteiger partial charge >= 0.3 is 0 Å². The fourth-order valence-electron chi connectivity index (χ4n) is 5.15. The van der Waals surface area contributed by atoms with Gasteiger partial charge in [-0.15, -0.1) is 0 Å². The topological polar surface area (TPSA) is 67.6 Å². The third-order valence-corrected chi connectivity index (χ3v) is 6.83. The summed E-state index contributed by atoms with van der Waals surface area (Å²) in [6.45, 7) is 3.08. The Balaban J connectivity index is 1.44. The maximum atomic E-state index is 14.8. The molecule has 10 heteroatoms. The third kappa shape index (κ3) is 3.35. The van der Waals surface area contributed by atoms with Crippen LogP contribution in [0.25, 0.3) is 16.7 Å². The van der Waals surface area contributed by atoms with Crippen LogP contribution in [-0.2, 0) is 4.74 Å². The largest absolute Gasteiger partial charge is 0.377 e. The minimum Gasteiger partial charge on any atom is -0.377 e. The number of nitrogens with one attached hydrogen (secondary N) is 1. The van der Waals surface area contributed by atoms with Crippen LogP contribution in [0.5, 0.6) is 0 Å². The van der Waals surface area contributed by atoms with Gasteiger partial charge in [0.25, 0.3) is 6.43 Å². The fraction of sp³-hybridized carbons (Fsp3) is 0.375. The van der Waals surface area contributed by atoms with Crippen molar-refractivity contribution >= 4 is 28.3 Å². The van der Waals surface area contributed by atoms with Crippen LogP contribution in [0.15, 0.2) is 42.9 Å². The lowest BCUT2D eigenvalue weighted by molar-refractivity contribution is 0.0902. The minimum absolute atomic E-state index is 0.150. The van der Waals surface area contributed by atoms with Gasteiger partial charge in [-0.25, -0.2) is 23.1 Å². The highest BCUT2D eigenvalue weighted by molar-refractivity contribution is 5.92. The Labute approximate surface area is 193 Å². The van der Waals surface area contributed by atoms with Crippen molar-refractivity contribution in [3.05, 3.63) is 59.8 Å². The first-order chi connectivity index (χ1) is 16.5. The molecule has 2 bridgehead atoms. The van der Waals surface area contributed by atoms with Crippen LogP contribution in [0, 0.1) is 5.82 Å². The van der Waals surface area contributed by atoms with Crippen LogP contribution in [0.1, 0.15) is 43.4 Å². The molecule has 1 N–H and O–H groups in total. The summed E-state index contributed by atoms with van der Waals surface area (Å²) in [4.78, 5) is 16.0. The van der Waals surface area contributed by atoms with E-state index >= 15 is 0 Å². The summed E-state index contributed by atoms with van der Waals surface area (Å²) < 4.78 is 48.8. The molecule has 0 saturated carbocycles. The molecule has 3 unspecified atom stereocenters. The van der Waals surface area contributed by atoms with Crippen molar-refractivity contribution in [3.8, 4) is 0 Å². The van der Waals surface area contributed by atoms with Gasteiger partial charge in [0.1, 0.15) is 17.5 Å². The van der Waals surface area contributed by atoms with Crippen molar-refractivity contribution in [2.24, 2.45) is 0 Å². The molecule has 2 aliphatic rings. The molecule has 2 fully saturated rings. The zero-order valence-corrected chi connectivity index (χ0v) is 18.5. The lowest BCUT2D eigenvalue weighted by atomic mass is 10.0. The summed E-state index contributed by atoms with van der Waals surface area (Å²) in [6.07, 6.45) is 4.49. The van der Waals surface area contributed by atoms with E-state index in [9.17, 15) is 13.2 Å². The Hall–Kier alpha value is -3.40. The average Bonchev–Trinajstić information content (AvgIpc) is 3.40. The Kier molecular flexibility index (Phi) is 5.05. The highest BCUT2D eigenvalue weighted by Gasteiger charge is 2.38. The predicted octanol–water partition coefficient (Wildman–Crippen LogP) is 4.89. The van der Waals surface area contributed by atoms with Crippen LogP contribution >= 0.6 is 0 Å². The zero-order valence-electron chi connectivity index (χ0n) is 18.5. The number of halogens is 3. The van der Waals surface area contributed by atoms with Crippen LogP contribution in [0.4, 0.5) is 24.8 Å². The standard InChI is InChI=1S/C24H23F3N6O/c1-13(16-3-2-4-17(21(16)25)22(26)27)30-23-18-9-20(33-14-5-6-15(33)12-34-11-14)29-10-19(18)32-8-7-28-24(32)31-23/h2-4,7-10,13-15,22H,5-6,11-12H2,1H3,(H,28,30,31). The lowest BCUT2D eigenvalue weighted by Crippen LogP contribution is -2.46. The molecule has 0 spiro atoms. The molecule has 3 atom stereocenters. The first-order valence-electron chi connectivity index (χ1n) is 11.3. The number of rotatable bonds is 5. The van der Waals surface area contributed by atoms with Gasteiger partial charge in [0, 0.05) is 23.3 Å². The Bertz CT molecular complexity index is 1360. The van der Waals surface area contributed by atoms with Gasteiger partial charge in [0.2, 0.25) is 5.78 Å². The van der Waals surface area contributed by atoms with E-state index in [4.69, 9.17) is 9.72 Å². The summed E-state index contributed by atoms with van der Waals surface area (Å²) in [5.74, 6) is 0.888. The monoisotopic (exact) mass is 468 g/mol. The van der Waals surface area contributed by atoms with Crippen molar-refractivity contribution in [2.45, 2.75) is 44.3 Å². The number of fused-ring (bicyclic) bond motifs is 5. The highest BCUT2D eigenvalue weighted by Crippen LogP contribution is 2.36. The number of pyridine rings is 1. The van der Waals surface area contributed by atoms with Crippen molar-refractivity contribution in [3.63, 3.8) is 0 Å². The third-order valence-electron chi connectivity index (χ3n) is 6.83. The quantitative estimate of drug-likeness (QED) is 0.450. The number of nitrogens with zero attached hydrogens (tertiary/aromatic N) is 5. The summed E-state index contributed by atoms with van der Waals surface area (Å²) in [5.41, 5.74) is 0.335. The number of anilines is 2. The number of imidazole rings is 1. The first kappa shape index (κ1) is 21.2. The molecule has 4 aromatic rings. The predicted molar refractivity (Wildman–Crippen MR) is 122 cm³/mol. The molecule has 6 rings (SSSR count). The molecule has 0 aliphatic carbocycles. The summed E-state index contributed by atoms with van der Waals surface area (Å²) in [7, 11) is 0. The molecule has 2 aliphatic heterocycles. The number of ether oxygens (including phenoxy) is 1. The molecule has 2 saturated heterocycles. The second-order valence-corrected chi connectivity index (χ2v) is 8.86. The van der Waals surface area contributed by atoms with Gasteiger partial charge in [-0.3, -0.25) is 4.40 Å². The smallest absolute Gasteiger partial charge is 0.266 e. The van der Waals surface area contributed by atoms with E-state index in [1.807, 2.05) is 16.7 Å². The molecule has 1 aromatic carbocycles. The first-order valence-corrected chi connectivity index (χ1v) is 11.3. The maximum Gasteiger partial charge on any atom is 0.266 e. The van der Waals surface area contributed by atoms with Gasteiger partial charge in [0.15, 0.2) is 0 Å². The molecular weight excluding hydrogens is 445 g/mol.